The number of allylic oxidation sites excluding steroid dienone is 3. The van der Waals surface area contributed by atoms with Crippen LogP contribution in [-0.4, -0.2) is 0 Å². The zero-order chi connectivity index (χ0) is 26.6. The molecule has 0 aromatic heterocycles. The molecule has 9 rings (SSSR count). The molecule has 4 aliphatic rings. The molecule has 0 radical (unpaired) electrons. The number of fused-ring (bicyclic) bond motifs is 15. The molecule has 0 bridgehead atoms. The predicted octanol–water partition coefficient (Wildman–Crippen LogP) is 9.06. The fourth-order valence-corrected chi connectivity index (χ4v) is 8.17. The molecule has 188 valence electrons. The molecule has 1 nitrogen and oxygen atoms in total. The van der Waals surface area contributed by atoms with Gasteiger partial charge in [0.1, 0.15) is 0 Å². The maximum atomic E-state index is 4.66. The third-order valence-electron chi connectivity index (χ3n) is 9.64. The van der Waals surface area contributed by atoms with Gasteiger partial charge in [-0.25, -0.2) is 0 Å². The monoisotopic (exact) mass is 509 g/mol. The Bertz CT molecular complexity index is 1940. The number of hydrogen-bond acceptors (Lipinski definition) is 1. The minimum Gasteiger partial charge on any atom is -0.336 e. The fourth-order valence-electron chi connectivity index (χ4n) is 8.17. The van der Waals surface area contributed by atoms with E-state index in [-0.39, 0.29) is 5.41 Å². The summed E-state index contributed by atoms with van der Waals surface area (Å²) in [6, 6.07) is 40.7. The van der Waals surface area contributed by atoms with E-state index in [2.05, 4.69) is 127 Å². The largest absolute Gasteiger partial charge is 0.336 e. The van der Waals surface area contributed by atoms with E-state index >= 15 is 0 Å². The second-order valence-corrected chi connectivity index (χ2v) is 11.4. The minimum atomic E-state index is -0.375. The van der Waals surface area contributed by atoms with Crippen LogP contribution in [0.4, 0.5) is 5.69 Å². The van der Waals surface area contributed by atoms with Crippen LogP contribution in [0.3, 0.4) is 0 Å². The van der Waals surface area contributed by atoms with E-state index in [0.717, 1.165) is 18.5 Å². The molecule has 0 saturated carbocycles. The van der Waals surface area contributed by atoms with E-state index in [0.29, 0.717) is 0 Å². The van der Waals surface area contributed by atoms with Gasteiger partial charge in [0.25, 0.3) is 0 Å². The van der Waals surface area contributed by atoms with Gasteiger partial charge in [-0.1, -0.05) is 128 Å². The van der Waals surface area contributed by atoms with E-state index in [1.165, 1.54) is 78.2 Å². The average molecular weight is 510 g/mol. The highest BCUT2D eigenvalue weighted by Gasteiger charge is 2.54. The van der Waals surface area contributed by atoms with Crippen LogP contribution in [0.25, 0.3) is 27.8 Å². The lowest BCUT2D eigenvalue weighted by Crippen LogP contribution is -2.36. The summed E-state index contributed by atoms with van der Waals surface area (Å²) < 4.78 is 0. The van der Waals surface area contributed by atoms with Crippen molar-refractivity contribution in [2.75, 3.05) is 4.90 Å². The summed E-state index contributed by atoms with van der Waals surface area (Å²) in [5.74, 6) is 0. The van der Waals surface area contributed by atoms with E-state index in [4.69, 9.17) is 0 Å². The first kappa shape index (κ1) is 22.0. The summed E-state index contributed by atoms with van der Waals surface area (Å²) >= 11 is 0. The second-order valence-electron chi connectivity index (χ2n) is 11.4. The highest BCUT2D eigenvalue weighted by molar-refractivity contribution is 6.00. The Balaban J connectivity index is 1.44. The number of hydrogen-bond donors (Lipinski definition) is 0. The maximum Gasteiger partial charge on any atom is 0.0746 e. The van der Waals surface area contributed by atoms with E-state index in [9.17, 15) is 0 Å². The Kier molecular flexibility index (Phi) is 4.18. The van der Waals surface area contributed by atoms with Crippen LogP contribution in [0.2, 0.25) is 0 Å². The standard InChI is InChI=1S/C39H27N/c1-3-25-22-26-20-21-32-31-16-8-11-19-35(31)39(33-17-9-6-14-29(33)30-15-7-10-18-34(30)39)36(32)38(26)40-23-27-12-4-5-13-28(27)24(2)37(25)40/h3-21H,1-2,22-23H2. The summed E-state index contributed by atoms with van der Waals surface area (Å²) in [6.45, 7) is 9.73. The molecule has 0 N–H and O–H groups in total. The molecule has 2 heterocycles. The lowest BCUT2D eigenvalue weighted by molar-refractivity contribution is 0.771. The zero-order valence-corrected chi connectivity index (χ0v) is 22.2. The molecule has 40 heavy (non-hydrogen) atoms. The highest BCUT2D eigenvalue weighted by atomic mass is 15.2. The van der Waals surface area contributed by atoms with Crippen LogP contribution in [0.5, 0.6) is 0 Å². The van der Waals surface area contributed by atoms with Gasteiger partial charge in [-0.3, -0.25) is 0 Å². The first-order valence-electron chi connectivity index (χ1n) is 14.1. The van der Waals surface area contributed by atoms with Gasteiger partial charge in [0.15, 0.2) is 0 Å². The van der Waals surface area contributed by atoms with E-state index in [1.54, 1.807) is 0 Å². The lowest BCUT2D eigenvalue weighted by Gasteiger charge is -2.43. The van der Waals surface area contributed by atoms with Crippen LogP contribution in [0, 0.1) is 0 Å². The summed E-state index contributed by atoms with van der Waals surface area (Å²) in [6.07, 6.45) is 2.90. The van der Waals surface area contributed by atoms with Crippen molar-refractivity contribution >= 4 is 11.3 Å². The molecule has 0 fully saturated rings. The smallest absolute Gasteiger partial charge is 0.0746 e. The summed E-state index contributed by atoms with van der Waals surface area (Å²) in [5, 5.41) is 0. The van der Waals surface area contributed by atoms with Crippen LogP contribution < -0.4 is 4.90 Å². The average Bonchev–Trinajstić information content (AvgIpc) is 3.48. The van der Waals surface area contributed by atoms with E-state index in [1.807, 2.05) is 6.08 Å². The van der Waals surface area contributed by atoms with Crippen LogP contribution in [-0.2, 0) is 18.4 Å². The molecule has 0 saturated heterocycles. The maximum absolute atomic E-state index is 4.66. The molecular weight excluding hydrogens is 482 g/mol. The van der Waals surface area contributed by atoms with Crippen LogP contribution >= 0.6 is 0 Å². The van der Waals surface area contributed by atoms with Crippen molar-refractivity contribution < 1.29 is 0 Å². The van der Waals surface area contributed by atoms with Crippen LogP contribution in [0.15, 0.2) is 140 Å². The highest BCUT2D eigenvalue weighted by Crippen LogP contribution is 2.66. The number of anilines is 1. The molecular formula is C39H27N. The Morgan fingerprint density at radius 2 is 1.15 bits per heavy atom. The fraction of sp³-hybridized carbons (Fsp3) is 0.0769. The Morgan fingerprint density at radius 3 is 1.77 bits per heavy atom. The quantitative estimate of drug-likeness (QED) is 0.213. The third-order valence-corrected chi connectivity index (χ3v) is 9.64. The van der Waals surface area contributed by atoms with Gasteiger partial charge in [0, 0.05) is 18.5 Å². The van der Waals surface area contributed by atoms with Crippen molar-refractivity contribution in [3.63, 3.8) is 0 Å². The SMILES string of the molecule is C=CC1=C2C(=C)c3ccccc3CN2c2c(ccc3c2C2(c4ccccc4-c4ccccc42)c2ccccc2-3)C1. The van der Waals surface area contributed by atoms with Crippen molar-refractivity contribution in [3.05, 3.63) is 179 Å². The molecule has 0 amide bonds. The zero-order valence-electron chi connectivity index (χ0n) is 22.2. The van der Waals surface area contributed by atoms with Gasteiger partial charge in [-0.05, 0) is 66.8 Å². The second kappa shape index (κ2) is 7.61. The normalized spacial score (nSPS) is 16.5. The first-order chi connectivity index (χ1) is 19.7. The molecule has 2 aliphatic carbocycles. The van der Waals surface area contributed by atoms with Crippen molar-refractivity contribution in [3.8, 4) is 22.3 Å². The van der Waals surface area contributed by atoms with Crippen molar-refractivity contribution in [2.24, 2.45) is 0 Å². The third kappa shape index (κ3) is 2.45. The number of rotatable bonds is 1. The molecule has 0 unspecified atom stereocenters. The first-order valence-corrected chi connectivity index (χ1v) is 14.1. The Labute approximate surface area is 235 Å². The summed E-state index contributed by atoms with van der Waals surface area (Å²) in [7, 11) is 0. The minimum absolute atomic E-state index is 0.375. The Morgan fingerprint density at radius 1 is 0.600 bits per heavy atom. The molecule has 1 heteroatoms. The topological polar surface area (TPSA) is 3.24 Å². The van der Waals surface area contributed by atoms with Gasteiger partial charge in [-0.15, -0.1) is 0 Å². The van der Waals surface area contributed by atoms with Crippen molar-refractivity contribution in [1.29, 1.82) is 0 Å². The molecule has 5 aromatic rings. The predicted molar refractivity (Wildman–Crippen MR) is 165 cm³/mol. The lowest BCUT2D eigenvalue weighted by atomic mass is 9.68. The number of nitrogens with zero attached hydrogens (tertiary/aromatic N) is 1. The summed E-state index contributed by atoms with van der Waals surface area (Å²) in [4.78, 5) is 2.57. The molecule has 1 spiro atoms. The molecule has 0 atom stereocenters. The van der Waals surface area contributed by atoms with Gasteiger partial charge in [0.2, 0.25) is 0 Å². The van der Waals surface area contributed by atoms with E-state index < -0.39 is 0 Å². The molecule has 5 aromatic carbocycles. The Hall–Kier alpha value is -4.88. The summed E-state index contributed by atoms with van der Waals surface area (Å²) in [5.41, 5.74) is 19.4. The van der Waals surface area contributed by atoms with Gasteiger partial charge in [-0.2, -0.15) is 0 Å². The van der Waals surface area contributed by atoms with Gasteiger partial charge >= 0.3 is 0 Å². The number of benzene rings is 5. The van der Waals surface area contributed by atoms with Gasteiger partial charge in [0.05, 0.1) is 16.8 Å². The van der Waals surface area contributed by atoms with Crippen molar-refractivity contribution in [1.82, 2.24) is 0 Å². The van der Waals surface area contributed by atoms with Crippen molar-refractivity contribution in [2.45, 2.75) is 18.4 Å². The molecule has 2 aliphatic heterocycles. The van der Waals surface area contributed by atoms with Crippen LogP contribution in [0.1, 0.15) is 38.9 Å². The van der Waals surface area contributed by atoms with Gasteiger partial charge < -0.3 is 4.90 Å².